The third kappa shape index (κ3) is 1.65. The van der Waals surface area contributed by atoms with Gasteiger partial charge in [-0.3, -0.25) is 4.79 Å². The van der Waals surface area contributed by atoms with Crippen LogP contribution in [-0.4, -0.2) is 19.0 Å². The summed E-state index contributed by atoms with van der Waals surface area (Å²) >= 11 is 0. The van der Waals surface area contributed by atoms with Gasteiger partial charge in [-0.2, -0.15) is 0 Å². The Morgan fingerprint density at radius 1 is 1.57 bits per heavy atom. The molecule has 2 unspecified atom stereocenters. The molecule has 2 fully saturated rings. The first-order valence-electron chi connectivity index (χ1n) is 5.62. The minimum atomic E-state index is -0.128. The van der Waals surface area contributed by atoms with Gasteiger partial charge in [0.1, 0.15) is 0 Å². The molecule has 0 aromatic heterocycles. The SMILES string of the molecule is CC1(CC2CCC2)CNCC1C(N)=O. The summed E-state index contributed by atoms with van der Waals surface area (Å²) in [4.78, 5) is 11.3. The van der Waals surface area contributed by atoms with Crippen LogP contribution in [0, 0.1) is 17.3 Å². The third-order valence-corrected chi connectivity index (χ3v) is 4.04. The predicted molar refractivity (Wildman–Crippen MR) is 55.6 cm³/mol. The zero-order chi connectivity index (χ0) is 10.2. The Kier molecular flexibility index (Phi) is 2.52. The first-order chi connectivity index (χ1) is 6.62. The Balaban J connectivity index is 2.00. The average Bonchev–Trinajstić information content (AvgIpc) is 2.41. The highest BCUT2D eigenvalue weighted by atomic mass is 16.1. The summed E-state index contributed by atoms with van der Waals surface area (Å²) in [5.41, 5.74) is 5.55. The van der Waals surface area contributed by atoms with Crippen LogP contribution >= 0.6 is 0 Å². The summed E-state index contributed by atoms with van der Waals surface area (Å²) in [7, 11) is 0. The second-order valence-electron chi connectivity index (χ2n) is 5.24. The number of carbonyl (C=O) groups is 1. The van der Waals surface area contributed by atoms with Crippen LogP contribution in [0.15, 0.2) is 0 Å². The molecule has 14 heavy (non-hydrogen) atoms. The fraction of sp³-hybridized carbons (Fsp3) is 0.909. The van der Waals surface area contributed by atoms with Gasteiger partial charge in [0.25, 0.3) is 0 Å². The summed E-state index contributed by atoms with van der Waals surface area (Å²) < 4.78 is 0. The molecule has 0 spiro atoms. The molecule has 0 aromatic carbocycles. The zero-order valence-electron chi connectivity index (χ0n) is 8.88. The fourth-order valence-electron chi connectivity index (χ4n) is 2.89. The molecule has 1 aliphatic heterocycles. The highest BCUT2D eigenvalue weighted by Crippen LogP contribution is 2.43. The van der Waals surface area contributed by atoms with E-state index in [0.29, 0.717) is 0 Å². The Morgan fingerprint density at radius 3 is 2.79 bits per heavy atom. The Bertz CT molecular complexity index is 237. The van der Waals surface area contributed by atoms with E-state index in [2.05, 4.69) is 12.2 Å². The molecule has 1 amide bonds. The van der Waals surface area contributed by atoms with Gasteiger partial charge in [-0.25, -0.2) is 0 Å². The number of hydrogen-bond acceptors (Lipinski definition) is 2. The van der Waals surface area contributed by atoms with Gasteiger partial charge in [0.05, 0.1) is 5.92 Å². The van der Waals surface area contributed by atoms with Crippen molar-refractivity contribution in [3.63, 3.8) is 0 Å². The average molecular weight is 196 g/mol. The molecule has 1 saturated heterocycles. The molecule has 0 aromatic rings. The van der Waals surface area contributed by atoms with Crippen LogP contribution in [0.5, 0.6) is 0 Å². The number of hydrogen-bond donors (Lipinski definition) is 2. The summed E-state index contributed by atoms with van der Waals surface area (Å²) in [6.45, 7) is 3.94. The number of carbonyl (C=O) groups excluding carboxylic acids is 1. The first-order valence-corrected chi connectivity index (χ1v) is 5.62. The molecule has 0 radical (unpaired) electrons. The van der Waals surface area contributed by atoms with Gasteiger partial charge in [0, 0.05) is 13.1 Å². The number of nitrogens with one attached hydrogen (secondary N) is 1. The van der Waals surface area contributed by atoms with Crippen molar-refractivity contribution in [3.8, 4) is 0 Å². The van der Waals surface area contributed by atoms with E-state index in [4.69, 9.17) is 5.73 Å². The minimum absolute atomic E-state index is 0.0445. The largest absolute Gasteiger partial charge is 0.369 e. The van der Waals surface area contributed by atoms with Gasteiger partial charge in [0.2, 0.25) is 5.91 Å². The summed E-state index contributed by atoms with van der Waals surface area (Å²) in [6.07, 6.45) is 5.24. The molecule has 2 rings (SSSR count). The maximum Gasteiger partial charge on any atom is 0.222 e. The van der Waals surface area contributed by atoms with Gasteiger partial charge in [-0.05, 0) is 17.8 Å². The number of nitrogens with two attached hydrogens (primary N) is 1. The van der Waals surface area contributed by atoms with E-state index < -0.39 is 0 Å². The van der Waals surface area contributed by atoms with Crippen molar-refractivity contribution < 1.29 is 4.79 Å². The van der Waals surface area contributed by atoms with Crippen molar-refractivity contribution in [1.29, 1.82) is 0 Å². The van der Waals surface area contributed by atoms with Crippen LogP contribution in [0.1, 0.15) is 32.6 Å². The predicted octanol–water partition coefficient (Wildman–Crippen LogP) is 0.888. The highest BCUT2D eigenvalue weighted by Gasteiger charge is 2.43. The van der Waals surface area contributed by atoms with E-state index in [1.54, 1.807) is 0 Å². The summed E-state index contributed by atoms with van der Waals surface area (Å²) in [6, 6.07) is 0. The first kappa shape index (κ1) is 9.97. The number of primary amides is 1. The molecule has 2 atom stereocenters. The lowest BCUT2D eigenvalue weighted by atomic mass is 9.68. The van der Waals surface area contributed by atoms with Crippen molar-refractivity contribution >= 4 is 5.91 Å². The lowest BCUT2D eigenvalue weighted by Crippen LogP contribution is -2.38. The highest BCUT2D eigenvalue weighted by molar-refractivity contribution is 5.78. The van der Waals surface area contributed by atoms with Crippen LogP contribution in [0.3, 0.4) is 0 Å². The van der Waals surface area contributed by atoms with Gasteiger partial charge < -0.3 is 11.1 Å². The molecule has 1 heterocycles. The van der Waals surface area contributed by atoms with Crippen LogP contribution in [0.4, 0.5) is 0 Å². The lowest BCUT2D eigenvalue weighted by Gasteiger charge is -2.36. The maximum absolute atomic E-state index is 11.3. The molecular formula is C11H20N2O. The van der Waals surface area contributed by atoms with E-state index in [-0.39, 0.29) is 17.2 Å². The molecular weight excluding hydrogens is 176 g/mol. The second-order valence-corrected chi connectivity index (χ2v) is 5.24. The summed E-state index contributed by atoms with van der Waals surface area (Å²) in [5.74, 6) is 0.765. The van der Waals surface area contributed by atoms with Crippen molar-refractivity contribution in [3.05, 3.63) is 0 Å². The van der Waals surface area contributed by atoms with Gasteiger partial charge in [-0.15, -0.1) is 0 Å². The molecule has 3 nitrogen and oxygen atoms in total. The molecule has 3 heteroatoms. The molecule has 1 saturated carbocycles. The second kappa shape index (κ2) is 3.54. The van der Waals surface area contributed by atoms with Crippen LogP contribution in [-0.2, 0) is 4.79 Å². The Labute approximate surface area is 85.4 Å². The molecule has 0 bridgehead atoms. The van der Waals surface area contributed by atoms with Gasteiger partial charge >= 0.3 is 0 Å². The van der Waals surface area contributed by atoms with Crippen LogP contribution in [0.25, 0.3) is 0 Å². The van der Waals surface area contributed by atoms with E-state index in [1.165, 1.54) is 25.7 Å². The molecule has 1 aliphatic carbocycles. The standard InChI is InChI=1S/C11H20N2O/c1-11(5-8-3-2-4-8)7-13-6-9(11)10(12)14/h8-9,13H,2-7H2,1H3,(H2,12,14). The zero-order valence-corrected chi connectivity index (χ0v) is 8.88. The van der Waals surface area contributed by atoms with E-state index in [0.717, 1.165) is 19.0 Å². The summed E-state index contributed by atoms with van der Waals surface area (Å²) in [5, 5.41) is 3.30. The van der Waals surface area contributed by atoms with Crippen molar-refractivity contribution in [2.24, 2.45) is 23.0 Å². The quantitative estimate of drug-likeness (QED) is 0.704. The van der Waals surface area contributed by atoms with Gasteiger partial charge in [0.15, 0.2) is 0 Å². The molecule has 2 aliphatic rings. The van der Waals surface area contributed by atoms with Crippen molar-refractivity contribution in [2.75, 3.05) is 13.1 Å². The molecule has 3 N–H and O–H groups in total. The normalized spacial score (nSPS) is 38.2. The monoisotopic (exact) mass is 196 g/mol. The fourth-order valence-corrected chi connectivity index (χ4v) is 2.89. The minimum Gasteiger partial charge on any atom is -0.369 e. The number of rotatable bonds is 3. The number of amides is 1. The maximum atomic E-state index is 11.3. The van der Waals surface area contributed by atoms with Crippen molar-refractivity contribution in [1.82, 2.24) is 5.32 Å². The Hall–Kier alpha value is -0.570. The van der Waals surface area contributed by atoms with Crippen LogP contribution < -0.4 is 11.1 Å². The topological polar surface area (TPSA) is 55.1 Å². The van der Waals surface area contributed by atoms with E-state index in [1.807, 2.05) is 0 Å². The van der Waals surface area contributed by atoms with E-state index in [9.17, 15) is 4.79 Å². The smallest absolute Gasteiger partial charge is 0.222 e. The van der Waals surface area contributed by atoms with E-state index >= 15 is 0 Å². The van der Waals surface area contributed by atoms with Crippen LogP contribution in [0.2, 0.25) is 0 Å². The van der Waals surface area contributed by atoms with Crippen molar-refractivity contribution in [2.45, 2.75) is 32.6 Å². The molecule has 80 valence electrons. The Morgan fingerprint density at radius 2 is 2.29 bits per heavy atom. The van der Waals surface area contributed by atoms with Gasteiger partial charge in [-0.1, -0.05) is 26.2 Å². The lowest BCUT2D eigenvalue weighted by molar-refractivity contribution is -0.124. The third-order valence-electron chi connectivity index (χ3n) is 4.04.